The van der Waals surface area contributed by atoms with Gasteiger partial charge in [-0.3, -0.25) is 9.59 Å². The second-order valence-corrected chi connectivity index (χ2v) is 7.91. The first-order valence-corrected chi connectivity index (χ1v) is 10.7. The molecule has 1 N–H and O–H groups in total. The van der Waals surface area contributed by atoms with Crippen LogP contribution >= 0.6 is 0 Å². The molecule has 1 heterocycles. The van der Waals surface area contributed by atoms with Crippen molar-refractivity contribution in [1.29, 1.82) is 0 Å². The van der Waals surface area contributed by atoms with Crippen molar-refractivity contribution in [3.8, 4) is 5.75 Å². The molecule has 0 atom stereocenters. The maximum atomic E-state index is 13.6. The van der Waals surface area contributed by atoms with E-state index < -0.39 is 5.91 Å². The lowest BCUT2D eigenvalue weighted by Gasteiger charge is -2.19. The summed E-state index contributed by atoms with van der Waals surface area (Å²) in [6, 6.07) is 20.7. The zero-order chi connectivity index (χ0) is 22.8. The first kappa shape index (κ1) is 21.4. The highest BCUT2D eigenvalue weighted by atomic mass is 16.5. The minimum Gasteiger partial charge on any atom is -0.492 e. The number of imide groups is 1. The Labute approximate surface area is 188 Å². The van der Waals surface area contributed by atoms with E-state index in [9.17, 15) is 9.59 Å². The number of benzene rings is 3. The van der Waals surface area contributed by atoms with Crippen LogP contribution in [-0.4, -0.2) is 18.4 Å². The third kappa shape index (κ3) is 3.89. The molecule has 32 heavy (non-hydrogen) atoms. The monoisotopic (exact) mass is 426 g/mol. The van der Waals surface area contributed by atoms with E-state index in [0.717, 1.165) is 22.4 Å². The number of carbonyl (C=O) groups is 2. The lowest BCUT2D eigenvalue weighted by molar-refractivity contribution is -0.120. The van der Waals surface area contributed by atoms with Crippen LogP contribution in [0.5, 0.6) is 5.75 Å². The number of aryl methyl sites for hydroxylation is 3. The lowest BCUT2D eigenvalue weighted by Crippen LogP contribution is -2.32. The second-order valence-electron chi connectivity index (χ2n) is 7.91. The molecule has 2 amide bonds. The van der Waals surface area contributed by atoms with E-state index in [1.165, 1.54) is 4.90 Å². The molecule has 0 unspecified atom stereocenters. The fraction of sp³-hybridized carbons (Fsp3) is 0.185. The molecule has 0 saturated heterocycles. The van der Waals surface area contributed by atoms with Gasteiger partial charge in [0.2, 0.25) is 0 Å². The summed E-state index contributed by atoms with van der Waals surface area (Å²) in [4.78, 5) is 28.5. The Morgan fingerprint density at radius 3 is 2.22 bits per heavy atom. The summed E-state index contributed by atoms with van der Waals surface area (Å²) in [5, 5.41) is 3.26. The first-order chi connectivity index (χ1) is 15.4. The van der Waals surface area contributed by atoms with Gasteiger partial charge in [-0.15, -0.1) is 0 Å². The average Bonchev–Trinajstić information content (AvgIpc) is 3.01. The summed E-state index contributed by atoms with van der Waals surface area (Å²) in [6.45, 7) is 8.28. The number of para-hydroxylation sites is 2. The number of amides is 2. The van der Waals surface area contributed by atoms with Gasteiger partial charge in [0.05, 0.1) is 17.9 Å². The number of rotatable bonds is 6. The van der Waals surface area contributed by atoms with Crippen molar-refractivity contribution >= 4 is 28.8 Å². The van der Waals surface area contributed by atoms with Crippen molar-refractivity contribution in [2.45, 2.75) is 27.7 Å². The van der Waals surface area contributed by atoms with Crippen molar-refractivity contribution in [3.63, 3.8) is 0 Å². The summed E-state index contributed by atoms with van der Waals surface area (Å²) >= 11 is 0. The van der Waals surface area contributed by atoms with Crippen LogP contribution < -0.4 is 15.0 Å². The third-order valence-electron chi connectivity index (χ3n) is 5.47. The van der Waals surface area contributed by atoms with Gasteiger partial charge in [0.15, 0.2) is 0 Å². The van der Waals surface area contributed by atoms with Crippen molar-refractivity contribution in [2.24, 2.45) is 0 Å². The fourth-order valence-electron chi connectivity index (χ4n) is 3.86. The van der Waals surface area contributed by atoms with Crippen LogP contribution in [0.1, 0.15) is 29.2 Å². The van der Waals surface area contributed by atoms with Crippen LogP contribution in [0.2, 0.25) is 0 Å². The van der Waals surface area contributed by atoms with E-state index in [1.807, 2.05) is 76.2 Å². The molecular weight excluding hydrogens is 400 g/mol. The number of hydrogen-bond acceptors (Lipinski definition) is 4. The SMILES string of the molecule is CCOc1ccccc1N1C(=O)C(Nc2ccc(C)cc2C)=C(c2ccc(C)cc2)C1=O. The molecule has 3 aromatic carbocycles. The van der Waals surface area contributed by atoms with E-state index in [1.54, 1.807) is 18.2 Å². The molecule has 0 saturated carbocycles. The Bertz CT molecular complexity index is 1230. The topological polar surface area (TPSA) is 58.6 Å². The predicted octanol–water partition coefficient (Wildman–Crippen LogP) is 5.41. The third-order valence-corrected chi connectivity index (χ3v) is 5.47. The van der Waals surface area contributed by atoms with Crippen LogP contribution in [0, 0.1) is 20.8 Å². The molecular formula is C27H26N2O3. The van der Waals surface area contributed by atoms with Gasteiger partial charge in [-0.2, -0.15) is 0 Å². The predicted molar refractivity (Wildman–Crippen MR) is 128 cm³/mol. The molecule has 1 aliphatic heterocycles. The minimum absolute atomic E-state index is 0.261. The van der Waals surface area contributed by atoms with Crippen LogP contribution in [0.15, 0.2) is 72.4 Å². The highest BCUT2D eigenvalue weighted by Gasteiger charge is 2.41. The summed E-state index contributed by atoms with van der Waals surface area (Å²) in [6.07, 6.45) is 0. The van der Waals surface area contributed by atoms with Crippen LogP contribution in [0.3, 0.4) is 0 Å². The van der Waals surface area contributed by atoms with Gasteiger partial charge >= 0.3 is 0 Å². The Balaban J connectivity index is 1.84. The zero-order valence-electron chi connectivity index (χ0n) is 18.7. The smallest absolute Gasteiger partial charge is 0.282 e. The summed E-state index contributed by atoms with van der Waals surface area (Å²) in [5.41, 5.74) is 5.73. The zero-order valence-corrected chi connectivity index (χ0v) is 18.7. The standard InChI is InChI=1S/C27H26N2O3/c1-5-32-23-9-7-6-8-22(23)29-26(30)24(20-13-10-17(2)11-14-20)25(27(29)31)28-21-15-12-18(3)16-19(21)4/h6-16,28H,5H2,1-4H3. The van der Waals surface area contributed by atoms with Crippen LogP contribution in [-0.2, 0) is 9.59 Å². The van der Waals surface area contributed by atoms with Crippen molar-refractivity contribution in [3.05, 3.63) is 94.7 Å². The molecule has 1 aliphatic rings. The first-order valence-electron chi connectivity index (χ1n) is 10.7. The highest BCUT2D eigenvalue weighted by Crippen LogP contribution is 2.38. The van der Waals surface area contributed by atoms with Crippen LogP contribution in [0.4, 0.5) is 11.4 Å². The van der Waals surface area contributed by atoms with Gasteiger partial charge in [0.25, 0.3) is 11.8 Å². The van der Waals surface area contributed by atoms with Gasteiger partial charge in [-0.1, -0.05) is 59.7 Å². The molecule has 0 spiro atoms. The number of nitrogens with zero attached hydrogens (tertiary/aromatic N) is 1. The van der Waals surface area contributed by atoms with E-state index in [0.29, 0.717) is 29.2 Å². The molecule has 0 aromatic heterocycles. The summed E-state index contributed by atoms with van der Waals surface area (Å²) in [7, 11) is 0. The number of nitrogens with one attached hydrogen (secondary N) is 1. The number of ether oxygens (including phenoxy) is 1. The maximum Gasteiger partial charge on any atom is 0.282 e. The molecule has 3 aromatic rings. The molecule has 4 rings (SSSR count). The number of carbonyl (C=O) groups excluding carboxylic acids is 2. The number of anilines is 2. The van der Waals surface area contributed by atoms with E-state index in [2.05, 4.69) is 5.32 Å². The molecule has 0 fully saturated rings. The van der Waals surface area contributed by atoms with E-state index >= 15 is 0 Å². The van der Waals surface area contributed by atoms with Gasteiger partial charge in [0, 0.05) is 5.69 Å². The van der Waals surface area contributed by atoms with Gasteiger partial charge < -0.3 is 10.1 Å². The Hall–Kier alpha value is -3.86. The second kappa shape index (κ2) is 8.71. The highest BCUT2D eigenvalue weighted by molar-refractivity contribution is 6.46. The number of hydrogen-bond donors (Lipinski definition) is 1. The van der Waals surface area contributed by atoms with Crippen LogP contribution in [0.25, 0.3) is 5.57 Å². The largest absolute Gasteiger partial charge is 0.492 e. The Kier molecular flexibility index (Phi) is 5.82. The van der Waals surface area contributed by atoms with Crippen molar-refractivity contribution in [2.75, 3.05) is 16.8 Å². The molecule has 5 nitrogen and oxygen atoms in total. The molecule has 5 heteroatoms. The fourth-order valence-corrected chi connectivity index (χ4v) is 3.86. The van der Waals surface area contributed by atoms with Gasteiger partial charge in [0.1, 0.15) is 11.4 Å². The minimum atomic E-state index is -0.405. The van der Waals surface area contributed by atoms with Crippen molar-refractivity contribution < 1.29 is 14.3 Å². The normalized spacial score (nSPS) is 13.7. The van der Waals surface area contributed by atoms with Gasteiger partial charge in [-0.05, 0) is 57.0 Å². The Morgan fingerprint density at radius 1 is 0.844 bits per heavy atom. The summed E-state index contributed by atoms with van der Waals surface area (Å²) in [5.74, 6) is -0.288. The molecule has 162 valence electrons. The molecule has 0 aliphatic carbocycles. The molecule has 0 radical (unpaired) electrons. The Morgan fingerprint density at radius 2 is 1.53 bits per heavy atom. The van der Waals surface area contributed by atoms with E-state index in [4.69, 9.17) is 4.74 Å². The lowest BCUT2D eigenvalue weighted by atomic mass is 10.0. The van der Waals surface area contributed by atoms with Gasteiger partial charge in [-0.25, -0.2) is 4.90 Å². The molecule has 0 bridgehead atoms. The van der Waals surface area contributed by atoms with Crippen molar-refractivity contribution in [1.82, 2.24) is 0 Å². The quantitative estimate of drug-likeness (QED) is 0.536. The summed E-state index contributed by atoms with van der Waals surface area (Å²) < 4.78 is 5.70. The average molecular weight is 427 g/mol. The maximum absolute atomic E-state index is 13.6. The van der Waals surface area contributed by atoms with E-state index in [-0.39, 0.29) is 11.6 Å².